The highest BCUT2D eigenvalue weighted by atomic mass is 16.5. The molecule has 0 unspecified atom stereocenters. The molecule has 0 aliphatic carbocycles. The fourth-order valence-corrected chi connectivity index (χ4v) is 4.92. The fraction of sp³-hybridized carbons (Fsp3) is 0.435. The molecule has 0 atom stereocenters. The first kappa shape index (κ1) is 17.7. The SMILES string of the molecule is CC(=O)c1cc(CN2CCC3(CC2)OCCc2c3[nH]c3ccccc23)n(C)c1. The number of aryl methyl sites for hydroxylation is 1. The van der Waals surface area contributed by atoms with Crippen molar-refractivity contribution < 1.29 is 9.53 Å². The number of fused-ring (bicyclic) bond motifs is 4. The summed E-state index contributed by atoms with van der Waals surface area (Å²) >= 11 is 0. The van der Waals surface area contributed by atoms with E-state index < -0.39 is 0 Å². The molecular weight excluding hydrogens is 350 g/mol. The average Bonchev–Trinajstić information content (AvgIpc) is 3.26. The zero-order valence-corrected chi connectivity index (χ0v) is 16.6. The number of piperidine rings is 1. The van der Waals surface area contributed by atoms with E-state index in [9.17, 15) is 4.79 Å². The molecule has 5 heteroatoms. The zero-order chi connectivity index (χ0) is 19.3. The number of para-hydroxylation sites is 1. The molecule has 2 aliphatic heterocycles. The fourth-order valence-electron chi connectivity index (χ4n) is 4.92. The van der Waals surface area contributed by atoms with Crippen molar-refractivity contribution in [2.75, 3.05) is 19.7 Å². The summed E-state index contributed by atoms with van der Waals surface area (Å²) in [6.45, 7) is 5.29. The van der Waals surface area contributed by atoms with E-state index >= 15 is 0 Å². The molecule has 1 N–H and O–H groups in total. The molecule has 3 aromatic rings. The molecule has 1 spiro atoms. The molecule has 2 aliphatic rings. The molecule has 0 amide bonds. The lowest BCUT2D eigenvalue weighted by molar-refractivity contribution is -0.101. The Morgan fingerprint density at radius 2 is 2.04 bits per heavy atom. The van der Waals surface area contributed by atoms with E-state index in [1.807, 2.05) is 19.3 Å². The number of carbonyl (C=O) groups is 1. The normalized spacial score (nSPS) is 19.2. The van der Waals surface area contributed by atoms with Crippen molar-refractivity contribution in [2.24, 2.45) is 7.05 Å². The van der Waals surface area contributed by atoms with Gasteiger partial charge in [-0.3, -0.25) is 9.69 Å². The summed E-state index contributed by atoms with van der Waals surface area (Å²) in [5.41, 5.74) is 5.78. The quantitative estimate of drug-likeness (QED) is 0.707. The highest BCUT2D eigenvalue weighted by Crippen LogP contribution is 2.43. The Labute approximate surface area is 165 Å². The van der Waals surface area contributed by atoms with Gasteiger partial charge in [-0.1, -0.05) is 18.2 Å². The van der Waals surface area contributed by atoms with Crippen molar-refractivity contribution >= 4 is 16.7 Å². The van der Waals surface area contributed by atoms with Crippen molar-refractivity contribution in [1.82, 2.24) is 14.5 Å². The summed E-state index contributed by atoms with van der Waals surface area (Å²) in [4.78, 5) is 17.8. The van der Waals surface area contributed by atoms with Crippen LogP contribution in [0, 0.1) is 0 Å². The maximum Gasteiger partial charge on any atom is 0.161 e. The standard InChI is InChI=1S/C23H27N3O2/c1-16(27)17-13-18(25(2)14-17)15-26-10-8-23(9-11-26)22-20(7-12-28-23)19-5-3-4-6-21(19)24-22/h3-6,13-14,24H,7-12,15H2,1-2H3. The summed E-state index contributed by atoms with van der Waals surface area (Å²) in [5.74, 6) is 0.126. The first-order valence-corrected chi connectivity index (χ1v) is 10.2. The number of benzene rings is 1. The zero-order valence-electron chi connectivity index (χ0n) is 16.6. The van der Waals surface area contributed by atoms with Crippen LogP contribution >= 0.6 is 0 Å². The van der Waals surface area contributed by atoms with Crippen LogP contribution in [0.5, 0.6) is 0 Å². The summed E-state index contributed by atoms with van der Waals surface area (Å²) in [5, 5.41) is 1.35. The Morgan fingerprint density at radius 3 is 2.79 bits per heavy atom. The molecule has 1 saturated heterocycles. The number of Topliss-reactive ketones (excluding diaryl/α,β-unsaturated/α-hetero) is 1. The molecule has 4 heterocycles. The Hall–Kier alpha value is -2.37. The molecule has 1 aromatic carbocycles. The third kappa shape index (κ3) is 2.81. The lowest BCUT2D eigenvalue weighted by atomic mass is 9.83. The molecule has 0 radical (unpaired) electrons. The molecule has 0 saturated carbocycles. The number of H-pyrrole nitrogens is 1. The monoisotopic (exact) mass is 377 g/mol. The lowest BCUT2D eigenvalue weighted by Gasteiger charge is -2.43. The van der Waals surface area contributed by atoms with Crippen LogP contribution in [0.4, 0.5) is 0 Å². The Bertz CT molecular complexity index is 1040. The maximum absolute atomic E-state index is 11.6. The number of likely N-dealkylation sites (tertiary alicyclic amines) is 1. The first-order valence-electron chi connectivity index (χ1n) is 10.2. The second-order valence-corrected chi connectivity index (χ2v) is 8.28. The highest BCUT2D eigenvalue weighted by molar-refractivity contribution is 5.94. The largest absolute Gasteiger partial charge is 0.368 e. The minimum Gasteiger partial charge on any atom is -0.368 e. The van der Waals surface area contributed by atoms with E-state index in [-0.39, 0.29) is 11.4 Å². The van der Waals surface area contributed by atoms with E-state index in [0.717, 1.165) is 51.1 Å². The summed E-state index contributed by atoms with van der Waals surface area (Å²) in [6.07, 6.45) is 4.92. The predicted octanol–water partition coefficient (Wildman–Crippen LogP) is 3.77. The summed E-state index contributed by atoms with van der Waals surface area (Å²) < 4.78 is 8.49. The van der Waals surface area contributed by atoms with Crippen LogP contribution in [-0.2, 0) is 30.4 Å². The average molecular weight is 377 g/mol. The smallest absolute Gasteiger partial charge is 0.161 e. The molecule has 146 valence electrons. The minimum absolute atomic E-state index is 0.126. The van der Waals surface area contributed by atoms with Crippen LogP contribution in [0.1, 0.15) is 47.1 Å². The molecular formula is C23H27N3O2. The van der Waals surface area contributed by atoms with E-state index in [2.05, 4.69) is 38.7 Å². The number of nitrogens with one attached hydrogen (secondary N) is 1. The maximum atomic E-state index is 11.6. The number of ether oxygens (including phenoxy) is 1. The Morgan fingerprint density at radius 1 is 1.25 bits per heavy atom. The summed E-state index contributed by atoms with van der Waals surface area (Å²) in [7, 11) is 2.02. The third-order valence-electron chi connectivity index (χ3n) is 6.56. The van der Waals surface area contributed by atoms with Gasteiger partial charge in [-0.05, 0) is 43.9 Å². The number of hydrogen-bond acceptors (Lipinski definition) is 3. The van der Waals surface area contributed by atoms with E-state index in [4.69, 9.17) is 4.74 Å². The van der Waals surface area contributed by atoms with Crippen LogP contribution < -0.4 is 0 Å². The number of hydrogen-bond donors (Lipinski definition) is 1. The summed E-state index contributed by atoms with van der Waals surface area (Å²) in [6, 6.07) is 10.6. The topological polar surface area (TPSA) is 50.3 Å². The van der Waals surface area contributed by atoms with Crippen LogP contribution in [0.25, 0.3) is 10.9 Å². The number of ketones is 1. The molecule has 2 aromatic heterocycles. The first-order chi connectivity index (χ1) is 13.6. The van der Waals surface area contributed by atoms with Gasteiger partial charge in [-0.2, -0.15) is 0 Å². The minimum atomic E-state index is -0.179. The van der Waals surface area contributed by atoms with Crippen molar-refractivity contribution in [2.45, 2.75) is 38.3 Å². The molecule has 1 fully saturated rings. The predicted molar refractivity (Wildman–Crippen MR) is 110 cm³/mol. The van der Waals surface area contributed by atoms with Gasteiger partial charge in [0, 0.05) is 55.0 Å². The van der Waals surface area contributed by atoms with Crippen LogP contribution in [0.15, 0.2) is 36.5 Å². The van der Waals surface area contributed by atoms with Crippen molar-refractivity contribution in [1.29, 1.82) is 0 Å². The second-order valence-electron chi connectivity index (χ2n) is 8.28. The molecule has 28 heavy (non-hydrogen) atoms. The number of carbonyl (C=O) groups excluding carboxylic acids is 1. The lowest BCUT2D eigenvalue weighted by Crippen LogP contribution is -2.46. The van der Waals surface area contributed by atoms with Gasteiger partial charge in [0.1, 0.15) is 5.60 Å². The van der Waals surface area contributed by atoms with Crippen LogP contribution in [0.2, 0.25) is 0 Å². The van der Waals surface area contributed by atoms with Crippen molar-refractivity contribution in [3.63, 3.8) is 0 Å². The highest BCUT2D eigenvalue weighted by Gasteiger charge is 2.42. The van der Waals surface area contributed by atoms with Gasteiger partial charge in [-0.25, -0.2) is 0 Å². The molecule has 5 rings (SSSR count). The number of rotatable bonds is 3. The molecule has 0 bridgehead atoms. The second kappa shape index (κ2) is 6.61. The third-order valence-corrected chi connectivity index (χ3v) is 6.56. The van der Waals surface area contributed by atoms with E-state index in [1.165, 1.54) is 27.9 Å². The van der Waals surface area contributed by atoms with Gasteiger partial charge in [-0.15, -0.1) is 0 Å². The van der Waals surface area contributed by atoms with Crippen LogP contribution in [0.3, 0.4) is 0 Å². The van der Waals surface area contributed by atoms with Crippen LogP contribution in [-0.4, -0.2) is 39.9 Å². The Kier molecular flexibility index (Phi) is 4.18. The van der Waals surface area contributed by atoms with E-state index in [0.29, 0.717) is 0 Å². The number of aromatic amines is 1. The van der Waals surface area contributed by atoms with Crippen molar-refractivity contribution in [3.8, 4) is 0 Å². The number of nitrogens with zero attached hydrogens (tertiary/aromatic N) is 2. The van der Waals surface area contributed by atoms with Crippen molar-refractivity contribution in [3.05, 3.63) is 59.0 Å². The van der Waals surface area contributed by atoms with Gasteiger partial charge in [0.05, 0.1) is 12.3 Å². The van der Waals surface area contributed by atoms with Gasteiger partial charge in [0.15, 0.2) is 5.78 Å². The van der Waals surface area contributed by atoms with Gasteiger partial charge in [0.2, 0.25) is 0 Å². The van der Waals surface area contributed by atoms with Gasteiger partial charge < -0.3 is 14.3 Å². The van der Waals surface area contributed by atoms with E-state index in [1.54, 1.807) is 6.92 Å². The van der Waals surface area contributed by atoms with Gasteiger partial charge >= 0.3 is 0 Å². The molecule has 5 nitrogen and oxygen atoms in total. The number of aromatic nitrogens is 2. The van der Waals surface area contributed by atoms with Gasteiger partial charge in [0.25, 0.3) is 0 Å². The Balaban J connectivity index is 1.36.